The Morgan fingerprint density at radius 2 is 1.68 bits per heavy atom. The third-order valence-electron chi connectivity index (χ3n) is 6.18. The van der Waals surface area contributed by atoms with E-state index in [-0.39, 0.29) is 10.3 Å². The number of anilines is 1. The van der Waals surface area contributed by atoms with Gasteiger partial charge in [-0.05, 0) is 68.2 Å². The number of nitrogens with zero attached hydrogens (tertiary/aromatic N) is 2. The summed E-state index contributed by atoms with van der Waals surface area (Å²) in [4.78, 5) is 13.0. The molecule has 0 spiro atoms. The normalized spacial score (nSPS) is 16.6. The molecule has 8 heteroatoms. The molecule has 7 nitrogen and oxygen atoms in total. The van der Waals surface area contributed by atoms with Crippen LogP contribution in [-0.4, -0.2) is 33.2 Å². The molecule has 184 valence electrons. The van der Waals surface area contributed by atoms with Gasteiger partial charge < -0.3 is 4.74 Å². The molecular weight excluding hydrogens is 450 g/mol. The first kappa shape index (κ1) is 25.7. The van der Waals surface area contributed by atoms with Crippen LogP contribution in [0.3, 0.4) is 0 Å². The van der Waals surface area contributed by atoms with Gasteiger partial charge in [-0.15, -0.1) is 0 Å². The molecule has 1 aliphatic carbocycles. The summed E-state index contributed by atoms with van der Waals surface area (Å²) in [5.41, 5.74) is 4.09. The molecular formula is C26H35N3O4S. The Labute approximate surface area is 203 Å². The van der Waals surface area contributed by atoms with Crippen molar-refractivity contribution in [2.45, 2.75) is 58.3 Å². The number of sulfonamides is 1. The monoisotopic (exact) mass is 485 g/mol. The summed E-state index contributed by atoms with van der Waals surface area (Å²) in [5, 5.41) is 4.32. The van der Waals surface area contributed by atoms with E-state index in [1.54, 1.807) is 42.5 Å². The lowest BCUT2D eigenvalue weighted by Gasteiger charge is -2.34. The number of carbonyl (C=O) groups is 1. The van der Waals surface area contributed by atoms with Gasteiger partial charge in [0, 0.05) is 5.71 Å². The number of para-hydroxylation sites is 2. The molecule has 0 bridgehead atoms. The second-order valence-corrected chi connectivity index (χ2v) is 11.4. The summed E-state index contributed by atoms with van der Waals surface area (Å²) >= 11 is 0. The average Bonchev–Trinajstić information content (AvgIpc) is 2.82. The second-order valence-electron chi connectivity index (χ2n) is 9.58. The summed E-state index contributed by atoms with van der Waals surface area (Å²) in [7, 11) is -4.01. The molecule has 1 fully saturated rings. The van der Waals surface area contributed by atoms with Crippen LogP contribution >= 0.6 is 0 Å². The second kappa shape index (κ2) is 11.0. The van der Waals surface area contributed by atoms with Crippen molar-refractivity contribution < 1.29 is 17.9 Å². The molecule has 3 rings (SSSR count). The summed E-state index contributed by atoms with van der Waals surface area (Å²) in [6.07, 6.45) is 3.74. The van der Waals surface area contributed by atoms with Crippen LogP contribution in [0, 0.1) is 11.3 Å². The number of hydrogen-bond donors (Lipinski definition) is 1. The Morgan fingerprint density at radius 1 is 1.06 bits per heavy atom. The zero-order chi connectivity index (χ0) is 24.8. The predicted molar refractivity (Wildman–Crippen MR) is 136 cm³/mol. The Hall–Kier alpha value is -2.87. The minimum atomic E-state index is -4.01. The van der Waals surface area contributed by atoms with Gasteiger partial charge in [-0.25, -0.2) is 13.8 Å². The van der Waals surface area contributed by atoms with Gasteiger partial charge in [-0.1, -0.05) is 51.1 Å². The maximum absolute atomic E-state index is 13.5. The van der Waals surface area contributed by atoms with Crippen molar-refractivity contribution in [3.05, 3.63) is 54.6 Å². The highest BCUT2D eigenvalue weighted by Gasteiger charge is 2.30. The van der Waals surface area contributed by atoms with Crippen LogP contribution in [0.2, 0.25) is 0 Å². The Kier molecular flexibility index (Phi) is 8.36. The van der Waals surface area contributed by atoms with Crippen molar-refractivity contribution in [3.8, 4) is 5.75 Å². The van der Waals surface area contributed by atoms with E-state index in [0.29, 0.717) is 24.0 Å². The van der Waals surface area contributed by atoms with Gasteiger partial charge in [-0.2, -0.15) is 5.10 Å². The number of benzene rings is 2. The van der Waals surface area contributed by atoms with E-state index in [1.807, 2.05) is 6.92 Å². The lowest BCUT2D eigenvalue weighted by Crippen LogP contribution is -2.40. The van der Waals surface area contributed by atoms with Crippen LogP contribution < -0.4 is 14.5 Å². The molecule has 0 heterocycles. The van der Waals surface area contributed by atoms with Gasteiger partial charge >= 0.3 is 0 Å². The highest BCUT2D eigenvalue weighted by Crippen LogP contribution is 2.37. The fraction of sp³-hybridized carbons (Fsp3) is 0.462. The summed E-state index contributed by atoms with van der Waals surface area (Å²) in [6.45, 7) is 8.54. The van der Waals surface area contributed by atoms with E-state index in [9.17, 15) is 13.2 Å². The van der Waals surface area contributed by atoms with Crippen molar-refractivity contribution in [2.75, 3.05) is 17.5 Å². The molecule has 0 radical (unpaired) electrons. The number of hydrazone groups is 1. The molecule has 0 saturated heterocycles. The van der Waals surface area contributed by atoms with Crippen LogP contribution in [0.4, 0.5) is 5.69 Å². The number of ether oxygens (including phenoxy) is 1. The first-order chi connectivity index (χ1) is 16.1. The van der Waals surface area contributed by atoms with E-state index >= 15 is 0 Å². The molecule has 0 atom stereocenters. The van der Waals surface area contributed by atoms with E-state index in [4.69, 9.17) is 4.74 Å². The number of rotatable bonds is 8. The van der Waals surface area contributed by atoms with Gasteiger partial charge in [0.25, 0.3) is 15.9 Å². The maximum Gasteiger partial charge on any atom is 0.264 e. The fourth-order valence-corrected chi connectivity index (χ4v) is 5.65. The zero-order valence-corrected chi connectivity index (χ0v) is 21.3. The van der Waals surface area contributed by atoms with Crippen molar-refractivity contribution >= 4 is 27.3 Å². The first-order valence-corrected chi connectivity index (χ1v) is 13.2. The maximum atomic E-state index is 13.5. The third kappa shape index (κ3) is 6.38. The Bertz CT molecular complexity index is 1100. The predicted octanol–water partition coefficient (Wildman–Crippen LogP) is 4.99. The molecule has 2 aromatic rings. The largest absolute Gasteiger partial charge is 0.492 e. The SMILES string of the molecule is CCOc1ccccc1N(CC(=O)NN=C1CCC(C(C)(C)C)CC1)S(=O)(=O)c1ccccc1. The quantitative estimate of drug-likeness (QED) is 0.534. The van der Waals surface area contributed by atoms with E-state index in [2.05, 4.69) is 31.3 Å². The molecule has 1 saturated carbocycles. The van der Waals surface area contributed by atoms with Crippen LogP contribution in [0.1, 0.15) is 53.4 Å². The molecule has 34 heavy (non-hydrogen) atoms. The highest BCUT2D eigenvalue weighted by molar-refractivity contribution is 7.92. The van der Waals surface area contributed by atoms with Gasteiger partial charge in [-0.3, -0.25) is 9.10 Å². The van der Waals surface area contributed by atoms with Crippen molar-refractivity contribution in [2.24, 2.45) is 16.4 Å². The molecule has 0 unspecified atom stereocenters. The van der Waals surface area contributed by atoms with Crippen LogP contribution in [0.15, 0.2) is 64.6 Å². The number of amides is 1. The van der Waals surface area contributed by atoms with E-state index < -0.39 is 22.5 Å². The van der Waals surface area contributed by atoms with E-state index in [0.717, 1.165) is 35.7 Å². The first-order valence-electron chi connectivity index (χ1n) is 11.8. The Balaban J connectivity index is 1.81. The van der Waals surface area contributed by atoms with Gasteiger partial charge in [0.15, 0.2) is 0 Å². The topological polar surface area (TPSA) is 88.1 Å². The third-order valence-corrected chi connectivity index (χ3v) is 7.95. The minimum Gasteiger partial charge on any atom is -0.492 e. The van der Waals surface area contributed by atoms with Crippen molar-refractivity contribution in [1.29, 1.82) is 0 Å². The van der Waals surface area contributed by atoms with Gasteiger partial charge in [0.1, 0.15) is 12.3 Å². The number of carbonyl (C=O) groups excluding carboxylic acids is 1. The summed E-state index contributed by atoms with van der Waals surface area (Å²) in [5.74, 6) is 0.518. The minimum absolute atomic E-state index is 0.0981. The molecule has 2 aromatic carbocycles. The van der Waals surface area contributed by atoms with Crippen LogP contribution in [-0.2, 0) is 14.8 Å². The smallest absolute Gasteiger partial charge is 0.264 e. The van der Waals surface area contributed by atoms with Crippen LogP contribution in [0.25, 0.3) is 0 Å². The van der Waals surface area contributed by atoms with Crippen molar-refractivity contribution in [3.63, 3.8) is 0 Å². The van der Waals surface area contributed by atoms with Crippen LogP contribution in [0.5, 0.6) is 5.75 Å². The lowest BCUT2D eigenvalue weighted by molar-refractivity contribution is -0.119. The number of nitrogens with one attached hydrogen (secondary N) is 1. The molecule has 0 aliphatic heterocycles. The number of hydrogen-bond acceptors (Lipinski definition) is 5. The molecule has 1 aliphatic rings. The standard InChI is InChI=1S/C26H35N3O4S/c1-5-33-24-14-10-9-13-23(24)29(34(31,32)22-11-7-6-8-12-22)19-25(30)28-27-21-17-15-20(16-18-21)26(2,3)4/h6-14,20H,5,15-19H2,1-4H3,(H,28,30). The highest BCUT2D eigenvalue weighted by atomic mass is 32.2. The van der Waals surface area contributed by atoms with E-state index in [1.165, 1.54) is 12.1 Å². The zero-order valence-electron chi connectivity index (χ0n) is 20.5. The fourth-order valence-electron chi connectivity index (χ4n) is 4.20. The molecule has 0 aromatic heterocycles. The molecule has 1 N–H and O–H groups in total. The molecule has 1 amide bonds. The van der Waals surface area contributed by atoms with Gasteiger partial charge in [0.2, 0.25) is 0 Å². The summed E-state index contributed by atoms with van der Waals surface area (Å²) < 4.78 is 33.8. The van der Waals surface area contributed by atoms with Crippen molar-refractivity contribution in [1.82, 2.24) is 5.43 Å². The van der Waals surface area contributed by atoms with Gasteiger partial charge in [0.05, 0.1) is 17.2 Å². The lowest BCUT2D eigenvalue weighted by atomic mass is 9.72. The average molecular weight is 486 g/mol. The summed E-state index contributed by atoms with van der Waals surface area (Å²) in [6, 6.07) is 14.9. The Morgan fingerprint density at radius 3 is 2.29 bits per heavy atom.